The molecule has 1 fully saturated rings. The van der Waals surface area contributed by atoms with E-state index in [1.807, 2.05) is 10.8 Å². The molecule has 1 N–H and O–H groups in total. The maximum atomic E-state index is 11.4. The number of hydrogen-bond acceptors (Lipinski definition) is 1. The molecule has 1 aromatic heterocycles. The summed E-state index contributed by atoms with van der Waals surface area (Å²) in [6.45, 7) is 2.26. The quantitative estimate of drug-likeness (QED) is 0.770. The van der Waals surface area contributed by atoms with E-state index in [4.69, 9.17) is 0 Å². The van der Waals surface area contributed by atoms with Gasteiger partial charge in [0.2, 0.25) is 0 Å². The standard InChI is InChI=1S/C11H18N2O/c1-2-9-3-5-10(6-4-9)13-8-7-12-11(13)14/h7-10H,2-6H2,1H3,(H,12,14). The number of hydrogen-bond donors (Lipinski definition) is 1. The van der Waals surface area contributed by atoms with Crippen LogP contribution >= 0.6 is 0 Å². The van der Waals surface area contributed by atoms with Gasteiger partial charge in [-0.1, -0.05) is 13.3 Å². The number of H-pyrrole nitrogens is 1. The number of aromatic nitrogens is 2. The lowest BCUT2D eigenvalue weighted by atomic mass is 9.84. The van der Waals surface area contributed by atoms with Crippen LogP contribution in [0.2, 0.25) is 0 Å². The van der Waals surface area contributed by atoms with Crippen molar-refractivity contribution < 1.29 is 0 Å². The summed E-state index contributed by atoms with van der Waals surface area (Å²) < 4.78 is 1.85. The predicted molar refractivity (Wildman–Crippen MR) is 56.3 cm³/mol. The van der Waals surface area contributed by atoms with Gasteiger partial charge in [0, 0.05) is 18.4 Å². The smallest absolute Gasteiger partial charge is 0.313 e. The lowest BCUT2D eigenvalue weighted by Gasteiger charge is -2.27. The maximum Gasteiger partial charge on any atom is 0.325 e. The molecule has 1 aliphatic carbocycles. The van der Waals surface area contributed by atoms with Gasteiger partial charge in [-0.3, -0.25) is 4.57 Å². The zero-order valence-electron chi connectivity index (χ0n) is 8.70. The minimum Gasteiger partial charge on any atom is -0.313 e. The van der Waals surface area contributed by atoms with Gasteiger partial charge < -0.3 is 4.98 Å². The van der Waals surface area contributed by atoms with Crippen molar-refractivity contribution in [2.45, 2.75) is 45.1 Å². The van der Waals surface area contributed by atoms with Crippen LogP contribution in [0.3, 0.4) is 0 Å². The van der Waals surface area contributed by atoms with Gasteiger partial charge in [-0.05, 0) is 31.6 Å². The van der Waals surface area contributed by atoms with Gasteiger partial charge >= 0.3 is 5.69 Å². The van der Waals surface area contributed by atoms with Crippen LogP contribution in [0.1, 0.15) is 45.1 Å². The number of aromatic amines is 1. The maximum absolute atomic E-state index is 11.4. The average molecular weight is 194 g/mol. The number of rotatable bonds is 2. The van der Waals surface area contributed by atoms with Crippen LogP contribution < -0.4 is 5.69 Å². The second-order valence-electron chi connectivity index (χ2n) is 4.26. The molecule has 3 nitrogen and oxygen atoms in total. The molecule has 2 rings (SSSR count). The molecular formula is C11H18N2O. The van der Waals surface area contributed by atoms with E-state index in [0.29, 0.717) is 6.04 Å². The lowest BCUT2D eigenvalue weighted by Crippen LogP contribution is -2.25. The molecular weight excluding hydrogens is 176 g/mol. The Kier molecular flexibility index (Phi) is 2.75. The largest absolute Gasteiger partial charge is 0.325 e. The van der Waals surface area contributed by atoms with E-state index in [0.717, 1.165) is 18.8 Å². The van der Waals surface area contributed by atoms with Crippen molar-refractivity contribution in [2.24, 2.45) is 5.92 Å². The van der Waals surface area contributed by atoms with Crippen molar-refractivity contribution >= 4 is 0 Å². The minimum atomic E-state index is 0.0462. The molecule has 0 aromatic carbocycles. The Balaban J connectivity index is 2.02. The summed E-state index contributed by atoms with van der Waals surface area (Å²) in [5, 5.41) is 0. The highest BCUT2D eigenvalue weighted by Crippen LogP contribution is 2.32. The van der Waals surface area contributed by atoms with Crippen LogP contribution in [-0.4, -0.2) is 9.55 Å². The van der Waals surface area contributed by atoms with Crippen LogP contribution in [0.25, 0.3) is 0 Å². The fourth-order valence-corrected chi connectivity index (χ4v) is 2.45. The summed E-state index contributed by atoms with van der Waals surface area (Å²) in [5.74, 6) is 0.890. The number of imidazole rings is 1. The molecule has 0 unspecified atom stereocenters. The van der Waals surface area contributed by atoms with Crippen molar-refractivity contribution in [3.05, 3.63) is 22.9 Å². The Hall–Kier alpha value is -0.990. The fraction of sp³-hybridized carbons (Fsp3) is 0.727. The Morgan fingerprint density at radius 3 is 2.64 bits per heavy atom. The molecule has 0 radical (unpaired) electrons. The van der Waals surface area contributed by atoms with Crippen molar-refractivity contribution in [1.29, 1.82) is 0 Å². The first-order valence-corrected chi connectivity index (χ1v) is 5.56. The highest BCUT2D eigenvalue weighted by atomic mass is 16.1. The van der Waals surface area contributed by atoms with Crippen molar-refractivity contribution in [2.75, 3.05) is 0 Å². The van der Waals surface area contributed by atoms with Gasteiger partial charge in [-0.25, -0.2) is 4.79 Å². The second kappa shape index (κ2) is 4.03. The van der Waals surface area contributed by atoms with Crippen LogP contribution in [0.15, 0.2) is 17.2 Å². The zero-order chi connectivity index (χ0) is 9.97. The molecule has 1 aliphatic rings. The summed E-state index contributed by atoms with van der Waals surface area (Å²) in [5.41, 5.74) is 0.0462. The molecule has 3 heteroatoms. The van der Waals surface area contributed by atoms with Crippen LogP contribution in [0.5, 0.6) is 0 Å². The van der Waals surface area contributed by atoms with E-state index < -0.39 is 0 Å². The normalized spacial score (nSPS) is 27.8. The Morgan fingerprint density at radius 2 is 2.14 bits per heavy atom. The van der Waals surface area contributed by atoms with Crippen LogP contribution in [0, 0.1) is 5.92 Å². The summed E-state index contributed by atoms with van der Waals surface area (Å²) in [7, 11) is 0. The third-order valence-corrected chi connectivity index (χ3v) is 3.46. The molecule has 1 aromatic rings. The first-order valence-electron chi connectivity index (χ1n) is 5.56. The van der Waals surface area contributed by atoms with Crippen molar-refractivity contribution in [3.8, 4) is 0 Å². The summed E-state index contributed by atoms with van der Waals surface area (Å²) in [6.07, 6.45) is 9.77. The van der Waals surface area contributed by atoms with E-state index in [1.54, 1.807) is 6.20 Å². The van der Waals surface area contributed by atoms with E-state index >= 15 is 0 Å². The van der Waals surface area contributed by atoms with Gasteiger partial charge in [-0.2, -0.15) is 0 Å². The summed E-state index contributed by atoms with van der Waals surface area (Å²) in [4.78, 5) is 14.1. The lowest BCUT2D eigenvalue weighted by molar-refractivity contribution is 0.266. The van der Waals surface area contributed by atoms with Crippen LogP contribution in [-0.2, 0) is 0 Å². The van der Waals surface area contributed by atoms with Gasteiger partial charge in [0.05, 0.1) is 0 Å². The average Bonchev–Trinajstić information content (AvgIpc) is 2.65. The van der Waals surface area contributed by atoms with Gasteiger partial charge in [0.1, 0.15) is 0 Å². The molecule has 14 heavy (non-hydrogen) atoms. The third-order valence-electron chi connectivity index (χ3n) is 3.46. The molecule has 78 valence electrons. The first kappa shape index (κ1) is 9.56. The topological polar surface area (TPSA) is 37.8 Å². The molecule has 0 bridgehead atoms. The van der Waals surface area contributed by atoms with Gasteiger partial charge in [0.25, 0.3) is 0 Å². The van der Waals surface area contributed by atoms with Crippen LogP contribution in [0.4, 0.5) is 0 Å². The summed E-state index contributed by atoms with van der Waals surface area (Å²) in [6, 6.07) is 0.441. The molecule has 1 saturated carbocycles. The Labute approximate surface area is 84.1 Å². The first-order chi connectivity index (χ1) is 6.81. The van der Waals surface area contributed by atoms with Crippen molar-refractivity contribution in [3.63, 3.8) is 0 Å². The molecule has 0 saturated heterocycles. The molecule has 1 heterocycles. The van der Waals surface area contributed by atoms with E-state index in [-0.39, 0.29) is 5.69 Å². The monoisotopic (exact) mass is 194 g/mol. The van der Waals surface area contributed by atoms with Gasteiger partial charge in [-0.15, -0.1) is 0 Å². The number of nitrogens with zero attached hydrogens (tertiary/aromatic N) is 1. The zero-order valence-corrected chi connectivity index (χ0v) is 8.70. The third kappa shape index (κ3) is 1.76. The molecule has 0 spiro atoms. The van der Waals surface area contributed by atoms with E-state index in [1.165, 1.54) is 19.3 Å². The fourth-order valence-electron chi connectivity index (χ4n) is 2.45. The SMILES string of the molecule is CCC1CCC(n2cc[nH]c2=O)CC1. The highest BCUT2D eigenvalue weighted by molar-refractivity contribution is 4.84. The Morgan fingerprint density at radius 1 is 1.43 bits per heavy atom. The molecule has 0 atom stereocenters. The molecule has 0 amide bonds. The predicted octanol–water partition coefficient (Wildman–Crippen LogP) is 2.32. The van der Waals surface area contributed by atoms with Crippen molar-refractivity contribution in [1.82, 2.24) is 9.55 Å². The molecule has 0 aliphatic heterocycles. The number of nitrogens with one attached hydrogen (secondary N) is 1. The highest BCUT2D eigenvalue weighted by Gasteiger charge is 2.21. The minimum absolute atomic E-state index is 0.0462. The van der Waals surface area contributed by atoms with E-state index in [9.17, 15) is 4.79 Å². The second-order valence-corrected chi connectivity index (χ2v) is 4.26. The summed E-state index contributed by atoms with van der Waals surface area (Å²) >= 11 is 0. The van der Waals surface area contributed by atoms with Gasteiger partial charge in [0.15, 0.2) is 0 Å². The van der Waals surface area contributed by atoms with E-state index in [2.05, 4.69) is 11.9 Å². The Bertz CT molecular complexity index is 331.